The summed E-state index contributed by atoms with van der Waals surface area (Å²) in [6.07, 6.45) is 4.72. The molecule has 0 atom stereocenters. The van der Waals surface area contributed by atoms with Crippen LogP contribution in [-0.4, -0.2) is 20.3 Å². The van der Waals surface area contributed by atoms with Crippen molar-refractivity contribution in [2.45, 2.75) is 33.4 Å². The van der Waals surface area contributed by atoms with Crippen LogP contribution in [0.4, 0.5) is 0 Å². The van der Waals surface area contributed by atoms with Crippen LogP contribution < -0.4 is 5.32 Å². The van der Waals surface area contributed by atoms with Crippen LogP contribution in [0.25, 0.3) is 0 Å². The standard InChI is InChI=1S/C14H19BrN4O/c1-4-5-19-9-12(15)6-13(19)14(20)16-7-11-8-17-18(3)10(11)2/h6,8-9H,4-5,7H2,1-3H3,(H,16,20). The van der Waals surface area contributed by atoms with Crippen molar-refractivity contribution in [2.75, 3.05) is 0 Å². The molecule has 0 spiro atoms. The summed E-state index contributed by atoms with van der Waals surface area (Å²) in [6, 6.07) is 1.85. The van der Waals surface area contributed by atoms with Crippen LogP contribution in [-0.2, 0) is 20.1 Å². The van der Waals surface area contributed by atoms with E-state index in [2.05, 4.69) is 33.3 Å². The topological polar surface area (TPSA) is 51.9 Å². The molecule has 0 aliphatic heterocycles. The molecular weight excluding hydrogens is 320 g/mol. The van der Waals surface area contributed by atoms with Crippen molar-refractivity contribution >= 4 is 21.8 Å². The summed E-state index contributed by atoms with van der Waals surface area (Å²) in [5.74, 6) is -0.0626. The summed E-state index contributed by atoms with van der Waals surface area (Å²) in [4.78, 5) is 12.3. The van der Waals surface area contributed by atoms with E-state index in [1.54, 1.807) is 10.9 Å². The Morgan fingerprint density at radius 3 is 2.85 bits per heavy atom. The minimum absolute atomic E-state index is 0.0626. The molecule has 2 aromatic heterocycles. The number of hydrogen-bond acceptors (Lipinski definition) is 2. The number of halogens is 1. The molecule has 0 saturated carbocycles. The molecule has 0 fully saturated rings. The van der Waals surface area contributed by atoms with Gasteiger partial charge in [-0.2, -0.15) is 5.10 Å². The van der Waals surface area contributed by atoms with Crippen LogP contribution in [0.2, 0.25) is 0 Å². The number of nitrogens with one attached hydrogen (secondary N) is 1. The van der Waals surface area contributed by atoms with Gasteiger partial charge in [-0.15, -0.1) is 0 Å². The van der Waals surface area contributed by atoms with E-state index in [1.807, 2.05) is 30.8 Å². The van der Waals surface area contributed by atoms with Crippen LogP contribution in [0, 0.1) is 6.92 Å². The number of nitrogens with zero attached hydrogens (tertiary/aromatic N) is 3. The predicted octanol–water partition coefficient (Wildman–Crippen LogP) is 2.63. The van der Waals surface area contributed by atoms with Gasteiger partial charge in [0.05, 0.1) is 6.20 Å². The maximum atomic E-state index is 12.3. The average Bonchev–Trinajstić information content (AvgIpc) is 2.93. The van der Waals surface area contributed by atoms with Gasteiger partial charge in [0.2, 0.25) is 0 Å². The Balaban J connectivity index is 2.07. The van der Waals surface area contributed by atoms with Crippen molar-refractivity contribution in [1.82, 2.24) is 19.7 Å². The number of amides is 1. The van der Waals surface area contributed by atoms with E-state index in [9.17, 15) is 4.79 Å². The molecule has 0 aliphatic rings. The first-order valence-corrected chi connectivity index (χ1v) is 7.43. The summed E-state index contributed by atoms with van der Waals surface area (Å²) in [7, 11) is 1.89. The number of rotatable bonds is 5. The molecule has 5 nitrogen and oxygen atoms in total. The molecule has 0 radical (unpaired) electrons. The molecule has 0 saturated heterocycles. The second-order valence-corrected chi connectivity index (χ2v) is 5.71. The largest absolute Gasteiger partial charge is 0.347 e. The fourth-order valence-electron chi connectivity index (χ4n) is 2.07. The Bertz CT molecular complexity index is 615. The van der Waals surface area contributed by atoms with Crippen LogP contribution in [0.15, 0.2) is 22.9 Å². The lowest BCUT2D eigenvalue weighted by molar-refractivity contribution is 0.0941. The third-order valence-corrected chi connectivity index (χ3v) is 3.77. The van der Waals surface area contributed by atoms with E-state index in [0.29, 0.717) is 12.2 Å². The minimum Gasteiger partial charge on any atom is -0.347 e. The Kier molecular flexibility index (Phi) is 4.65. The zero-order chi connectivity index (χ0) is 14.7. The minimum atomic E-state index is -0.0626. The first-order valence-electron chi connectivity index (χ1n) is 6.64. The molecule has 2 heterocycles. The molecule has 0 aromatic carbocycles. The normalized spacial score (nSPS) is 10.8. The SMILES string of the molecule is CCCn1cc(Br)cc1C(=O)NCc1cnn(C)c1C. The van der Waals surface area contributed by atoms with Gasteiger partial charge < -0.3 is 9.88 Å². The number of hydrogen-bond donors (Lipinski definition) is 1. The van der Waals surface area contributed by atoms with Crippen LogP contribution in [0.3, 0.4) is 0 Å². The average molecular weight is 339 g/mol. The highest BCUT2D eigenvalue weighted by Gasteiger charge is 2.13. The lowest BCUT2D eigenvalue weighted by atomic mass is 10.2. The molecule has 1 N–H and O–H groups in total. The number of carbonyl (C=O) groups excluding carboxylic acids is 1. The zero-order valence-corrected chi connectivity index (χ0v) is 13.6. The fourth-order valence-corrected chi connectivity index (χ4v) is 2.54. The first-order chi connectivity index (χ1) is 9.52. The quantitative estimate of drug-likeness (QED) is 0.911. The van der Waals surface area contributed by atoms with Gasteiger partial charge in [0.1, 0.15) is 5.69 Å². The van der Waals surface area contributed by atoms with Crippen molar-refractivity contribution < 1.29 is 4.79 Å². The van der Waals surface area contributed by atoms with Crippen LogP contribution in [0.5, 0.6) is 0 Å². The molecule has 20 heavy (non-hydrogen) atoms. The van der Waals surface area contributed by atoms with E-state index in [-0.39, 0.29) is 5.91 Å². The number of carbonyl (C=O) groups is 1. The lowest BCUT2D eigenvalue weighted by Gasteiger charge is -2.08. The molecule has 108 valence electrons. The monoisotopic (exact) mass is 338 g/mol. The molecule has 0 bridgehead atoms. The van der Waals surface area contributed by atoms with Gasteiger partial charge in [0.25, 0.3) is 5.91 Å². The summed E-state index contributed by atoms with van der Waals surface area (Å²) in [6.45, 7) is 5.41. The summed E-state index contributed by atoms with van der Waals surface area (Å²) in [5, 5.41) is 7.12. The summed E-state index contributed by atoms with van der Waals surface area (Å²) in [5.41, 5.74) is 2.78. The second kappa shape index (κ2) is 6.26. The van der Waals surface area contributed by atoms with E-state index in [0.717, 1.165) is 28.7 Å². The van der Waals surface area contributed by atoms with Crippen molar-refractivity contribution in [3.63, 3.8) is 0 Å². The highest BCUT2D eigenvalue weighted by Crippen LogP contribution is 2.16. The first kappa shape index (κ1) is 14.8. The van der Waals surface area contributed by atoms with Gasteiger partial charge in [0.15, 0.2) is 0 Å². The fraction of sp³-hybridized carbons (Fsp3) is 0.429. The lowest BCUT2D eigenvalue weighted by Crippen LogP contribution is -2.25. The highest BCUT2D eigenvalue weighted by atomic mass is 79.9. The van der Waals surface area contributed by atoms with Crippen molar-refractivity contribution in [2.24, 2.45) is 7.05 Å². The van der Waals surface area contributed by atoms with Crippen molar-refractivity contribution in [3.05, 3.63) is 39.9 Å². The summed E-state index contributed by atoms with van der Waals surface area (Å²) >= 11 is 3.42. The van der Waals surface area contributed by atoms with E-state index in [4.69, 9.17) is 0 Å². The Hall–Kier alpha value is -1.56. The van der Waals surface area contributed by atoms with Gasteiger partial charge in [-0.25, -0.2) is 0 Å². The highest BCUT2D eigenvalue weighted by molar-refractivity contribution is 9.10. The molecule has 0 unspecified atom stereocenters. The second-order valence-electron chi connectivity index (χ2n) is 4.80. The van der Waals surface area contributed by atoms with E-state index >= 15 is 0 Å². The molecule has 0 aliphatic carbocycles. The van der Waals surface area contributed by atoms with Crippen LogP contribution in [0.1, 0.15) is 35.1 Å². The molecule has 6 heteroatoms. The maximum absolute atomic E-state index is 12.3. The van der Waals surface area contributed by atoms with Gasteiger partial charge in [-0.05, 0) is 35.3 Å². The van der Waals surface area contributed by atoms with Gasteiger partial charge >= 0.3 is 0 Å². The van der Waals surface area contributed by atoms with Gasteiger partial charge in [-0.1, -0.05) is 6.92 Å². The Labute approximate surface area is 127 Å². The van der Waals surface area contributed by atoms with E-state index < -0.39 is 0 Å². The Morgan fingerprint density at radius 1 is 1.50 bits per heavy atom. The van der Waals surface area contributed by atoms with Crippen LogP contribution >= 0.6 is 15.9 Å². The van der Waals surface area contributed by atoms with Gasteiger partial charge in [0, 0.05) is 42.1 Å². The molecule has 2 rings (SSSR count). The Morgan fingerprint density at radius 2 is 2.25 bits per heavy atom. The third-order valence-electron chi connectivity index (χ3n) is 3.34. The molecular formula is C14H19BrN4O. The smallest absolute Gasteiger partial charge is 0.268 e. The zero-order valence-electron chi connectivity index (χ0n) is 12.0. The van der Waals surface area contributed by atoms with Crippen molar-refractivity contribution in [3.8, 4) is 0 Å². The summed E-state index contributed by atoms with van der Waals surface area (Å²) < 4.78 is 4.70. The van der Waals surface area contributed by atoms with Gasteiger partial charge in [-0.3, -0.25) is 9.48 Å². The van der Waals surface area contributed by atoms with Crippen molar-refractivity contribution in [1.29, 1.82) is 0 Å². The predicted molar refractivity (Wildman–Crippen MR) is 81.5 cm³/mol. The maximum Gasteiger partial charge on any atom is 0.268 e. The third kappa shape index (κ3) is 3.12. The number of aromatic nitrogens is 3. The number of aryl methyl sites for hydroxylation is 2. The molecule has 2 aromatic rings. The van der Waals surface area contributed by atoms with E-state index in [1.165, 1.54) is 0 Å². The molecule has 1 amide bonds.